The number of rotatable bonds is 6. The minimum absolute atomic E-state index is 0.0531. The summed E-state index contributed by atoms with van der Waals surface area (Å²) in [6.45, 7) is 0.564. The van der Waals surface area contributed by atoms with Gasteiger partial charge in [-0.05, 0) is 38.2 Å². The van der Waals surface area contributed by atoms with Crippen LogP contribution in [0.1, 0.15) is 59.9 Å². The van der Waals surface area contributed by atoms with Gasteiger partial charge in [-0.3, -0.25) is 9.59 Å². The highest BCUT2D eigenvalue weighted by Gasteiger charge is 2.31. The number of nitrogens with two attached hydrogens (primary N) is 1. The standard InChI is InChI=1S/C21H23F3N6O3/c22-21(23,24)12-3-6-17(27-10-12)33-13-4-1-11(2-5-13)19-29-15(18(25)31)9-16(30-19)28-14-7-8-26-20(14)32/h3,6,9-11,13-14H,1-2,4-5,7-8H2,(H2,25,31)(H,26,32)(H,28,29,30)/t11?,13?,14-/m0/s1. The molecule has 33 heavy (non-hydrogen) atoms. The number of amides is 2. The summed E-state index contributed by atoms with van der Waals surface area (Å²) in [7, 11) is 0. The number of nitrogens with one attached hydrogen (secondary N) is 2. The number of hydrogen-bond donors (Lipinski definition) is 3. The van der Waals surface area contributed by atoms with E-state index in [1.54, 1.807) is 0 Å². The molecule has 0 aromatic carbocycles. The largest absolute Gasteiger partial charge is 0.474 e. The van der Waals surface area contributed by atoms with E-state index in [1.165, 1.54) is 12.1 Å². The van der Waals surface area contributed by atoms with E-state index in [2.05, 4.69) is 25.6 Å². The molecule has 1 aliphatic heterocycles. The molecule has 2 fully saturated rings. The van der Waals surface area contributed by atoms with Gasteiger partial charge in [0.2, 0.25) is 11.8 Å². The Morgan fingerprint density at radius 1 is 1.15 bits per heavy atom. The highest BCUT2D eigenvalue weighted by atomic mass is 19.4. The van der Waals surface area contributed by atoms with E-state index in [0.29, 0.717) is 50.3 Å². The molecule has 3 heterocycles. The Morgan fingerprint density at radius 2 is 1.91 bits per heavy atom. The van der Waals surface area contributed by atoms with E-state index in [9.17, 15) is 22.8 Å². The van der Waals surface area contributed by atoms with Gasteiger partial charge in [0.15, 0.2) is 0 Å². The van der Waals surface area contributed by atoms with Crippen molar-refractivity contribution < 1.29 is 27.5 Å². The van der Waals surface area contributed by atoms with Crippen LogP contribution in [0, 0.1) is 0 Å². The van der Waals surface area contributed by atoms with Crippen LogP contribution in [0.25, 0.3) is 0 Å². The smallest absolute Gasteiger partial charge is 0.417 e. The van der Waals surface area contributed by atoms with Gasteiger partial charge in [-0.25, -0.2) is 15.0 Å². The molecule has 2 aliphatic rings. The fourth-order valence-electron chi connectivity index (χ4n) is 3.99. The first-order valence-electron chi connectivity index (χ1n) is 10.6. The first-order chi connectivity index (χ1) is 15.7. The summed E-state index contributed by atoms with van der Waals surface area (Å²) in [6.07, 6.45) is -0.763. The fraction of sp³-hybridized carbons (Fsp3) is 0.476. The maximum absolute atomic E-state index is 12.7. The molecule has 4 N–H and O–H groups in total. The molecule has 176 valence electrons. The first kappa shape index (κ1) is 22.7. The van der Waals surface area contributed by atoms with E-state index >= 15 is 0 Å². The van der Waals surface area contributed by atoms with Gasteiger partial charge in [-0.15, -0.1) is 0 Å². The van der Waals surface area contributed by atoms with Gasteiger partial charge in [0, 0.05) is 30.8 Å². The number of aromatic nitrogens is 3. The summed E-state index contributed by atoms with van der Waals surface area (Å²) in [5.74, 6) is 0.0807. The predicted octanol–water partition coefficient (Wildman–Crippen LogP) is 2.39. The lowest BCUT2D eigenvalue weighted by molar-refractivity contribution is -0.137. The zero-order chi connectivity index (χ0) is 23.6. The van der Waals surface area contributed by atoms with Gasteiger partial charge in [0.1, 0.15) is 29.5 Å². The second-order valence-corrected chi connectivity index (χ2v) is 8.11. The van der Waals surface area contributed by atoms with Crippen LogP contribution in [0.2, 0.25) is 0 Å². The third-order valence-corrected chi connectivity index (χ3v) is 5.76. The van der Waals surface area contributed by atoms with E-state index in [-0.39, 0.29) is 29.5 Å². The molecule has 2 amide bonds. The number of carbonyl (C=O) groups is 2. The summed E-state index contributed by atoms with van der Waals surface area (Å²) in [6, 6.07) is 3.15. The third-order valence-electron chi connectivity index (χ3n) is 5.76. The molecule has 0 unspecified atom stereocenters. The molecule has 0 radical (unpaired) electrons. The Bertz CT molecular complexity index is 1020. The number of carbonyl (C=O) groups excluding carboxylic acids is 2. The molecule has 1 saturated carbocycles. The highest BCUT2D eigenvalue weighted by molar-refractivity contribution is 5.92. The Labute approximate surface area is 187 Å². The van der Waals surface area contributed by atoms with Crippen LogP contribution >= 0.6 is 0 Å². The molecular formula is C21H23F3N6O3. The summed E-state index contributed by atoms with van der Waals surface area (Å²) < 4.78 is 43.8. The number of ether oxygens (including phenoxy) is 1. The van der Waals surface area contributed by atoms with Crippen molar-refractivity contribution in [1.82, 2.24) is 20.3 Å². The minimum Gasteiger partial charge on any atom is -0.474 e. The van der Waals surface area contributed by atoms with Crippen LogP contribution in [0.3, 0.4) is 0 Å². The summed E-state index contributed by atoms with van der Waals surface area (Å²) in [5, 5.41) is 5.77. The average molecular weight is 464 g/mol. The second kappa shape index (κ2) is 9.20. The second-order valence-electron chi connectivity index (χ2n) is 8.11. The monoisotopic (exact) mass is 464 g/mol. The lowest BCUT2D eigenvalue weighted by atomic mass is 9.86. The molecule has 1 atom stereocenters. The SMILES string of the molecule is NC(=O)c1cc(N[C@H]2CCNC2=O)nc(C2CCC(Oc3ccc(C(F)(F)F)cn3)CC2)n1. The molecule has 12 heteroatoms. The van der Waals surface area contributed by atoms with Crippen molar-refractivity contribution in [3.05, 3.63) is 41.5 Å². The molecule has 2 aromatic rings. The van der Waals surface area contributed by atoms with Crippen LogP contribution in [0.15, 0.2) is 24.4 Å². The predicted molar refractivity (Wildman–Crippen MR) is 110 cm³/mol. The Kier molecular flexibility index (Phi) is 6.34. The Hall–Kier alpha value is -3.44. The molecule has 0 bridgehead atoms. The summed E-state index contributed by atoms with van der Waals surface area (Å²) in [4.78, 5) is 36.2. The van der Waals surface area contributed by atoms with Crippen molar-refractivity contribution in [2.45, 2.75) is 56.3 Å². The van der Waals surface area contributed by atoms with Crippen molar-refractivity contribution >= 4 is 17.6 Å². The van der Waals surface area contributed by atoms with Crippen molar-refractivity contribution in [2.75, 3.05) is 11.9 Å². The van der Waals surface area contributed by atoms with Gasteiger partial charge < -0.3 is 21.1 Å². The Morgan fingerprint density at radius 3 is 2.48 bits per heavy atom. The maximum atomic E-state index is 12.7. The van der Waals surface area contributed by atoms with E-state index in [0.717, 1.165) is 12.3 Å². The molecule has 1 saturated heterocycles. The quantitative estimate of drug-likeness (QED) is 0.598. The van der Waals surface area contributed by atoms with Crippen LogP contribution < -0.4 is 21.1 Å². The van der Waals surface area contributed by atoms with Crippen LogP contribution in [-0.4, -0.2) is 45.5 Å². The maximum Gasteiger partial charge on any atom is 0.417 e. The topological polar surface area (TPSA) is 132 Å². The van der Waals surface area contributed by atoms with Crippen molar-refractivity contribution in [2.24, 2.45) is 5.73 Å². The van der Waals surface area contributed by atoms with E-state index in [1.807, 2.05) is 0 Å². The fourth-order valence-corrected chi connectivity index (χ4v) is 3.99. The third kappa shape index (κ3) is 5.49. The number of alkyl halides is 3. The lowest BCUT2D eigenvalue weighted by Crippen LogP contribution is -2.30. The zero-order valence-corrected chi connectivity index (χ0v) is 17.6. The zero-order valence-electron chi connectivity index (χ0n) is 17.6. The number of anilines is 1. The molecule has 0 spiro atoms. The molecule has 1 aliphatic carbocycles. The summed E-state index contributed by atoms with van der Waals surface area (Å²) >= 11 is 0. The molecular weight excluding hydrogens is 441 g/mol. The van der Waals surface area contributed by atoms with Gasteiger partial charge in [-0.2, -0.15) is 13.2 Å². The van der Waals surface area contributed by atoms with Gasteiger partial charge in [-0.1, -0.05) is 0 Å². The van der Waals surface area contributed by atoms with Crippen LogP contribution in [0.5, 0.6) is 5.88 Å². The average Bonchev–Trinajstić information content (AvgIpc) is 3.18. The van der Waals surface area contributed by atoms with Crippen molar-refractivity contribution in [3.63, 3.8) is 0 Å². The lowest BCUT2D eigenvalue weighted by Gasteiger charge is -2.28. The highest BCUT2D eigenvalue weighted by Crippen LogP contribution is 2.34. The number of halogens is 3. The number of hydrogen-bond acceptors (Lipinski definition) is 7. The molecule has 9 nitrogen and oxygen atoms in total. The van der Waals surface area contributed by atoms with Gasteiger partial charge in [0.05, 0.1) is 5.56 Å². The van der Waals surface area contributed by atoms with E-state index < -0.39 is 23.7 Å². The van der Waals surface area contributed by atoms with Crippen molar-refractivity contribution in [3.8, 4) is 5.88 Å². The molecule has 2 aromatic heterocycles. The number of nitrogens with zero attached hydrogens (tertiary/aromatic N) is 3. The van der Waals surface area contributed by atoms with Crippen LogP contribution in [0.4, 0.5) is 19.0 Å². The summed E-state index contributed by atoms with van der Waals surface area (Å²) in [5.41, 5.74) is 4.66. The van der Waals surface area contributed by atoms with Crippen LogP contribution in [-0.2, 0) is 11.0 Å². The number of pyridine rings is 1. The minimum atomic E-state index is -4.45. The van der Waals surface area contributed by atoms with E-state index in [4.69, 9.17) is 10.5 Å². The van der Waals surface area contributed by atoms with Gasteiger partial charge >= 0.3 is 6.18 Å². The van der Waals surface area contributed by atoms with Gasteiger partial charge in [0.25, 0.3) is 5.91 Å². The first-order valence-corrected chi connectivity index (χ1v) is 10.6. The normalized spacial score (nSPS) is 23.1. The van der Waals surface area contributed by atoms with Crippen molar-refractivity contribution in [1.29, 1.82) is 0 Å². The number of primary amides is 1. The Balaban J connectivity index is 1.40. The molecule has 4 rings (SSSR count).